The van der Waals surface area contributed by atoms with Crippen LogP contribution in [0.3, 0.4) is 0 Å². The van der Waals surface area contributed by atoms with Gasteiger partial charge in [0.05, 0.1) is 6.20 Å². The Hall–Kier alpha value is -2.41. The van der Waals surface area contributed by atoms with E-state index in [1.165, 1.54) is 24.9 Å². The Morgan fingerprint density at radius 2 is 1.92 bits per heavy atom. The molecule has 0 atom stereocenters. The molecule has 1 aliphatic heterocycles. The lowest BCUT2D eigenvalue weighted by molar-refractivity contribution is 0.197. The Morgan fingerprint density at radius 3 is 2.68 bits per heavy atom. The first-order valence-corrected chi connectivity index (χ1v) is 8.90. The van der Waals surface area contributed by atoms with Gasteiger partial charge in [-0.15, -0.1) is 5.10 Å². The molecule has 0 saturated carbocycles. The Balaban J connectivity index is 1.56. The molecule has 1 aliphatic rings. The van der Waals surface area contributed by atoms with Gasteiger partial charge in [-0.25, -0.2) is 0 Å². The SMILES string of the molecule is COCCCNc1nncc(Nc2ccc(N3CCCCC3)cc2)n1. The number of nitrogens with one attached hydrogen (secondary N) is 2. The van der Waals surface area contributed by atoms with E-state index < -0.39 is 0 Å². The molecule has 1 saturated heterocycles. The molecule has 2 aromatic rings. The highest BCUT2D eigenvalue weighted by atomic mass is 16.5. The van der Waals surface area contributed by atoms with Gasteiger partial charge in [-0.2, -0.15) is 10.1 Å². The van der Waals surface area contributed by atoms with Crippen molar-refractivity contribution in [2.75, 3.05) is 48.9 Å². The van der Waals surface area contributed by atoms with E-state index in [1.807, 2.05) is 0 Å². The zero-order chi connectivity index (χ0) is 17.3. The summed E-state index contributed by atoms with van der Waals surface area (Å²) in [4.78, 5) is 6.88. The quantitative estimate of drug-likeness (QED) is 0.714. The highest BCUT2D eigenvalue weighted by Crippen LogP contribution is 2.23. The second-order valence-corrected chi connectivity index (χ2v) is 6.16. The van der Waals surface area contributed by atoms with Crippen LogP contribution in [0.2, 0.25) is 0 Å². The van der Waals surface area contributed by atoms with Gasteiger partial charge in [0.1, 0.15) is 0 Å². The van der Waals surface area contributed by atoms with Crippen LogP contribution in [0.15, 0.2) is 30.5 Å². The molecule has 1 fully saturated rings. The number of piperidine rings is 1. The van der Waals surface area contributed by atoms with Crippen molar-refractivity contribution in [2.45, 2.75) is 25.7 Å². The summed E-state index contributed by atoms with van der Waals surface area (Å²) in [6, 6.07) is 8.48. The molecule has 1 aromatic carbocycles. The molecule has 7 heteroatoms. The van der Waals surface area contributed by atoms with Crippen LogP contribution in [0, 0.1) is 0 Å². The summed E-state index contributed by atoms with van der Waals surface area (Å²) >= 11 is 0. The summed E-state index contributed by atoms with van der Waals surface area (Å²) in [5.41, 5.74) is 2.28. The van der Waals surface area contributed by atoms with E-state index in [9.17, 15) is 0 Å². The summed E-state index contributed by atoms with van der Waals surface area (Å²) in [5, 5.41) is 14.4. The molecular formula is C18H26N6O. The van der Waals surface area contributed by atoms with Crippen LogP contribution < -0.4 is 15.5 Å². The second kappa shape index (κ2) is 9.17. The maximum Gasteiger partial charge on any atom is 0.244 e. The van der Waals surface area contributed by atoms with Crippen molar-refractivity contribution < 1.29 is 4.74 Å². The molecule has 3 rings (SSSR count). The molecule has 2 N–H and O–H groups in total. The maximum atomic E-state index is 5.02. The number of ether oxygens (including phenoxy) is 1. The van der Waals surface area contributed by atoms with Crippen molar-refractivity contribution in [2.24, 2.45) is 0 Å². The summed E-state index contributed by atoms with van der Waals surface area (Å²) in [6.07, 6.45) is 6.44. The summed E-state index contributed by atoms with van der Waals surface area (Å²) in [5.74, 6) is 1.20. The van der Waals surface area contributed by atoms with E-state index in [1.54, 1.807) is 13.3 Å². The van der Waals surface area contributed by atoms with Crippen molar-refractivity contribution in [3.05, 3.63) is 30.5 Å². The maximum absolute atomic E-state index is 5.02. The zero-order valence-corrected chi connectivity index (χ0v) is 14.7. The number of anilines is 4. The lowest BCUT2D eigenvalue weighted by atomic mass is 10.1. The van der Waals surface area contributed by atoms with Crippen molar-refractivity contribution in [1.29, 1.82) is 0 Å². The van der Waals surface area contributed by atoms with E-state index in [0.29, 0.717) is 18.4 Å². The van der Waals surface area contributed by atoms with Crippen LogP contribution in [0.1, 0.15) is 25.7 Å². The predicted octanol–water partition coefficient (Wildman–Crippen LogP) is 3.05. The van der Waals surface area contributed by atoms with Gasteiger partial charge >= 0.3 is 0 Å². The number of methoxy groups -OCH3 is 1. The van der Waals surface area contributed by atoms with E-state index >= 15 is 0 Å². The molecule has 1 aromatic heterocycles. The molecule has 7 nitrogen and oxygen atoms in total. The molecule has 134 valence electrons. The third kappa shape index (κ3) is 5.29. The lowest BCUT2D eigenvalue weighted by Crippen LogP contribution is -2.29. The van der Waals surface area contributed by atoms with Crippen molar-refractivity contribution in [3.8, 4) is 0 Å². The fourth-order valence-corrected chi connectivity index (χ4v) is 2.91. The van der Waals surface area contributed by atoms with E-state index in [2.05, 4.69) is 55.0 Å². The van der Waals surface area contributed by atoms with Crippen LogP contribution in [-0.2, 0) is 4.74 Å². The number of nitrogens with zero attached hydrogens (tertiary/aromatic N) is 4. The molecule has 0 spiro atoms. The van der Waals surface area contributed by atoms with Gasteiger partial charge in [0, 0.05) is 44.7 Å². The Kier molecular flexibility index (Phi) is 6.39. The number of hydrogen-bond acceptors (Lipinski definition) is 7. The lowest BCUT2D eigenvalue weighted by Gasteiger charge is -2.28. The molecule has 0 bridgehead atoms. The molecule has 0 unspecified atom stereocenters. The topological polar surface area (TPSA) is 75.2 Å². The number of rotatable bonds is 8. The van der Waals surface area contributed by atoms with Crippen molar-refractivity contribution in [1.82, 2.24) is 15.2 Å². The fraction of sp³-hybridized carbons (Fsp3) is 0.500. The Morgan fingerprint density at radius 1 is 1.12 bits per heavy atom. The largest absolute Gasteiger partial charge is 0.385 e. The van der Waals surface area contributed by atoms with Gasteiger partial charge in [-0.3, -0.25) is 0 Å². The van der Waals surface area contributed by atoms with E-state index in [-0.39, 0.29) is 0 Å². The van der Waals surface area contributed by atoms with Crippen LogP contribution in [0.4, 0.5) is 23.1 Å². The predicted molar refractivity (Wildman–Crippen MR) is 101 cm³/mol. The summed E-state index contributed by atoms with van der Waals surface area (Å²) in [7, 11) is 1.69. The molecule has 0 radical (unpaired) electrons. The molecular weight excluding hydrogens is 316 g/mol. The number of aromatic nitrogens is 3. The minimum atomic E-state index is 0.519. The Bertz CT molecular complexity index is 642. The van der Waals surface area contributed by atoms with Crippen LogP contribution in [0.5, 0.6) is 0 Å². The average Bonchev–Trinajstić information content (AvgIpc) is 2.67. The summed E-state index contributed by atoms with van der Waals surface area (Å²) in [6.45, 7) is 3.77. The van der Waals surface area contributed by atoms with Crippen molar-refractivity contribution in [3.63, 3.8) is 0 Å². The Labute approximate surface area is 148 Å². The molecule has 25 heavy (non-hydrogen) atoms. The fourth-order valence-electron chi connectivity index (χ4n) is 2.91. The first-order valence-electron chi connectivity index (χ1n) is 8.90. The van der Waals surface area contributed by atoms with Crippen LogP contribution >= 0.6 is 0 Å². The number of hydrogen-bond donors (Lipinski definition) is 2. The molecule has 0 amide bonds. The first-order chi connectivity index (χ1) is 12.3. The number of benzene rings is 1. The van der Waals surface area contributed by atoms with Gasteiger partial charge in [0.25, 0.3) is 0 Å². The average molecular weight is 342 g/mol. The zero-order valence-electron chi connectivity index (χ0n) is 14.7. The van der Waals surface area contributed by atoms with Gasteiger partial charge in [-0.1, -0.05) is 0 Å². The van der Waals surface area contributed by atoms with Gasteiger partial charge in [0.2, 0.25) is 5.95 Å². The standard InChI is InChI=1S/C18H26N6O/c1-25-13-5-10-19-18-22-17(14-20-23-18)21-15-6-8-16(9-7-15)24-11-3-2-4-12-24/h6-9,14H,2-5,10-13H2,1H3,(H2,19,21,22,23). The monoisotopic (exact) mass is 342 g/mol. The van der Waals surface area contributed by atoms with Crippen LogP contribution in [0.25, 0.3) is 0 Å². The second-order valence-electron chi connectivity index (χ2n) is 6.16. The third-order valence-electron chi connectivity index (χ3n) is 4.23. The van der Waals surface area contributed by atoms with E-state index in [4.69, 9.17) is 4.74 Å². The van der Waals surface area contributed by atoms with Gasteiger partial charge in [-0.05, 0) is 49.9 Å². The molecule has 2 heterocycles. The van der Waals surface area contributed by atoms with Gasteiger partial charge in [0.15, 0.2) is 5.82 Å². The molecule has 0 aliphatic carbocycles. The van der Waals surface area contributed by atoms with Crippen LogP contribution in [-0.4, -0.2) is 48.5 Å². The first kappa shape index (κ1) is 17.4. The summed E-state index contributed by atoms with van der Waals surface area (Å²) < 4.78 is 5.02. The minimum Gasteiger partial charge on any atom is -0.385 e. The highest BCUT2D eigenvalue weighted by molar-refractivity contribution is 5.60. The highest BCUT2D eigenvalue weighted by Gasteiger charge is 2.10. The van der Waals surface area contributed by atoms with Crippen molar-refractivity contribution >= 4 is 23.1 Å². The third-order valence-corrected chi connectivity index (χ3v) is 4.23. The van der Waals surface area contributed by atoms with Gasteiger partial charge < -0.3 is 20.3 Å². The smallest absolute Gasteiger partial charge is 0.244 e. The normalized spacial score (nSPS) is 14.4. The minimum absolute atomic E-state index is 0.519. The van der Waals surface area contributed by atoms with E-state index in [0.717, 1.165) is 31.7 Å².